The standard InChI is InChI=1S/C15H11ClN4O2S/c16-10-3-1-9(2-4-10)12-8-23-14(18-12)7-17-15(22)11-5-6-13(21)20-19-11/h1-6,8H,7H2,(H,17,22)(H,20,21). The lowest BCUT2D eigenvalue weighted by Gasteiger charge is -2.01. The number of nitrogens with one attached hydrogen (secondary N) is 2. The number of hydrogen-bond acceptors (Lipinski definition) is 5. The van der Waals surface area contributed by atoms with E-state index in [-0.39, 0.29) is 23.7 Å². The van der Waals surface area contributed by atoms with Gasteiger partial charge in [0.25, 0.3) is 11.5 Å². The first-order valence-corrected chi connectivity index (χ1v) is 7.92. The summed E-state index contributed by atoms with van der Waals surface area (Å²) < 4.78 is 0. The lowest BCUT2D eigenvalue weighted by Crippen LogP contribution is -2.25. The van der Waals surface area contributed by atoms with Crippen molar-refractivity contribution in [2.45, 2.75) is 6.54 Å². The first-order valence-electron chi connectivity index (χ1n) is 6.66. The molecule has 2 heterocycles. The molecule has 23 heavy (non-hydrogen) atoms. The minimum Gasteiger partial charge on any atom is -0.344 e. The number of aromatic nitrogens is 3. The van der Waals surface area contributed by atoms with Gasteiger partial charge in [0.1, 0.15) is 10.7 Å². The second kappa shape index (κ2) is 6.72. The van der Waals surface area contributed by atoms with Crippen LogP contribution in [0.3, 0.4) is 0 Å². The van der Waals surface area contributed by atoms with Crippen molar-refractivity contribution in [2.24, 2.45) is 0 Å². The van der Waals surface area contributed by atoms with Crippen molar-refractivity contribution >= 4 is 28.8 Å². The van der Waals surface area contributed by atoms with Gasteiger partial charge in [0.2, 0.25) is 0 Å². The first kappa shape index (κ1) is 15.4. The molecule has 0 atom stereocenters. The maximum absolute atomic E-state index is 11.9. The minimum atomic E-state index is -0.371. The van der Waals surface area contributed by atoms with Crippen molar-refractivity contribution in [3.8, 4) is 11.3 Å². The van der Waals surface area contributed by atoms with Crippen LogP contribution >= 0.6 is 22.9 Å². The zero-order chi connectivity index (χ0) is 16.2. The highest BCUT2D eigenvalue weighted by molar-refractivity contribution is 7.09. The maximum Gasteiger partial charge on any atom is 0.272 e. The van der Waals surface area contributed by atoms with Crippen molar-refractivity contribution in [1.82, 2.24) is 20.5 Å². The van der Waals surface area contributed by atoms with Gasteiger partial charge in [-0.25, -0.2) is 10.1 Å². The molecule has 0 fully saturated rings. The Balaban J connectivity index is 1.65. The maximum atomic E-state index is 11.9. The molecule has 3 rings (SSSR count). The van der Waals surface area contributed by atoms with E-state index in [0.29, 0.717) is 5.02 Å². The van der Waals surface area contributed by atoms with Crippen molar-refractivity contribution in [2.75, 3.05) is 0 Å². The Morgan fingerprint density at radius 2 is 2.00 bits per heavy atom. The number of carbonyl (C=O) groups excluding carboxylic acids is 1. The smallest absolute Gasteiger partial charge is 0.272 e. The molecule has 3 aromatic rings. The van der Waals surface area contributed by atoms with Crippen LogP contribution in [0.4, 0.5) is 0 Å². The lowest BCUT2D eigenvalue weighted by molar-refractivity contribution is 0.0944. The third kappa shape index (κ3) is 3.82. The van der Waals surface area contributed by atoms with Crippen LogP contribution in [0.5, 0.6) is 0 Å². The molecule has 0 spiro atoms. The van der Waals surface area contributed by atoms with E-state index in [0.717, 1.165) is 16.3 Å². The highest BCUT2D eigenvalue weighted by atomic mass is 35.5. The van der Waals surface area contributed by atoms with E-state index in [9.17, 15) is 9.59 Å². The number of rotatable bonds is 4. The second-order valence-corrected chi connectivity index (χ2v) is 6.00. The quantitative estimate of drug-likeness (QED) is 0.759. The lowest BCUT2D eigenvalue weighted by atomic mass is 10.2. The Bertz CT molecular complexity index is 868. The number of amides is 1. The fraction of sp³-hybridized carbons (Fsp3) is 0.0667. The SMILES string of the molecule is O=C(NCc1nc(-c2ccc(Cl)cc2)cs1)c1ccc(=O)[nH]n1. The van der Waals surface area contributed by atoms with E-state index in [1.807, 2.05) is 17.5 Å². The third-order valence-electron chi connectivity index (χ3n) is 3.00. The molecule has 0 radical (unpaired) electrons. The summed E-state index contributed by atoms with van der Waals surface area (Å²) in [4.78, 5) is 27.3. The van der Waals surface area contributed by atoms with E-state index in [4.69, 9.17) is 11.6 Å². The van der Waals surface area contributed by atoms with Gasteiger partial charge in [-0.2, -0.15) is 5.10 Å². The summed E-state index contributed by atoms with van der Waals surface area (Å²) in [5, 5.41) is 12.0. The van der Waals surface area contributed by atoms with Crippen LogP contribution in [-0.4, -0.2) is 21.1 Å². The molecule has 6 nitrogen and oxygen atoms in total. The molecule has 0 aliphatic rings. The van der Waals surface area contributed by atoms with Crippen molar-refractivity contribution in [1.29, 1.82) is 0 Å². The van der Waals surface area contributed by atoms with E-state index in [2.05, 4.69) is 20.5 Å². The van der Waals surface area contributed by atoms with Gasteiger partial charge in [-0.05, 0) is 18.2 Å². The number of halogens is 1. The van der Waals surface area contributed by atoms with Crippen LogP contribution in [-0.2, 0) is 6.54 Å². The third-order valence-corrected chi connectivity index (χ3v) is 4.10. The van der Waals surface area contributed by atoms with E-state index >= 15 is 0 Å². The predicted molar refractivity (Wildman–Crippen MR) is 88.6 cm³/mol. The summed E-state index contributed by atoms with van der Waals surface area (Å²) in [5.74, 6) is -0.371. The molecule has 2 aromatic heterocycles. The number of carbonyl (C=O) groups is 1. The number of nitrogens with zero attached hydrogens (tertiary/aromatic N) is 2. The Kier molecular flexibility index (Phi) is 4.50. The van der Waals surface area contributed by atoms with Crippen LogP contribution in [0.2, 0.25) is 5.02 Å². The van der Waals surface area contributed by atoms with Crippen LogP contribution in [0.1, 0.15) is 15.5 Å². The summed E-state index contributed by atoms with van der Waals surface area (Å²) in [6, 6.07) is 10.0. The van der Waals surface area contributed by atoms with Crippen LogP contribution in [0.25, 0.3) is 11.3 Å². The van der Waals surface area contributed by atoms with Gasteiger partial charge < -0.3 is 5.32 Å². The number of benzene rings is 1. The summed E-state index contributed by atoms with van der Waals surface area (Å²) in [6.45, 7) is 0.290. The van der Waals surface area contributed by atoms with Gasteiger partial charge in [0, 0.05) is 22.0 Å². The fourth-order valence-corrected chi connectivity index (χ4v) is 2.73. The minimum absolute atomic E-state index is 0.152. The van der Waals surface area contributed by atoms with Gasteiger partial charge in [-0.15, -0.1) is 11.3 Å². The summed E-state index contributed by atoms with van der Waals surface area (Å²) in [7, 11) is 0. The first-order chi connectivity index (χ1) is 11.1. The molecule has 0 aliphatic heterocycles. The Morgan fingerprint density at radius 3 is 2.70 bits per heavy atom. The van der Waals surface area contributed by atoms with Crippen molar-refractivity contribution < 1.29 is 4.79 Å². The summed E-state index contributed by atoms with van der Waals surface area (Å²) >= 11 is 7.31. The van der Waals surface area contributed by atoms with Crippen molar-refractivity contribution in [3.63, 3.8) is 0 Å². The molecule has 0 aliphatic carbocycles. The molecule has 8 heteroatoms. The van der Waals surface area contributed by atoms with Gasteiger partial charge in [-0.1, -0.05) is 23.7 Å². The van der Waals surface area contributed by atoms with E-state index < -0.39 is 0 Å². The Labute approximate surface area is 140 Å². The molecular formula is C15H11ClN4O2S. The van der Waals surface area contributed by atoms with Crippen LogP contribution in [0.15, 0.2) is 46.6 Å². The predicted octanol–water partition coefficient (Wildman–Crippen LogP) is 2.48. The number of H-pyrrole nitrogens is 1. The van der Waals surface area contributed by atoms with Gasteiger partial charge >= 0.3 is 0 Å². The molecule has 1 amide bonds. The monoisotopic (exact) mass is 346 g/mol. The second-order valence-electron chi connectivity index (χ2n) is 4.62. The zero-order valence-corrected chi connectivity index (χ0v) is 13.3. The van der Waals surface area contributed by atoms with Crippen LogP contribution in [0, 0.1) is 0 Å². The largest absolute Gasteiger partial charge is 0.344 e. The number of aromatic amines is 1. The number of hydrogen-bond donors (Lipinski definition) is 2. The molecular weight excluding hydrogens is 336 g/mol. The zero-order valence-electron chi connectivity index (χ0n) is 11.7. The average Bonchev–Trinajstić information content (AvgIpc) is 3.03. The average molecular weight is 347 g/mol. The molecule has 1 aromatic carbocycles. The van der Waals surface area contributed by atoms with Crippen molar-refractivity contribution in [3.05, 3.63) is 67.9 Å². The normalized spacial score (nSPS) is 10.5. The highest BCUT2D eigenvalue weighted by Crippen LogP contribution is 2.23. The molecule has 0 saturated carbocycles. The Hall–Kier alpha value is -2.51. The number of thiazole rings is 1. The molecule has 116 valence electrons. The molecule has 0 bridgehead atoms. The summed E-state index contributed by atoms with van der Waals surface area (Å²) in [6.07, 6.45) is 0. The van der Waals surface area contributed by atoms with Gasteiger partial charge in [0.05, 0.1) is 12.2 Å². The van der Waals surface area contributed by atoms with Crippen LogP contribution < -0.4 is 10.9 Å². The summed E-state index contributed by atoms with van der Waals surface area (Å²) in [5.41, 5.74) is 1.59. The Morgan fingerprint density at radius 1 is 1.22 bits per heavy atom. The molecule has 0 saturated heterocycles. The highest BCUT2D eigenvalue weighted by Gasteiger charge is 2.09. The van der Waals surface area contributed by atoms with Gasteiger partial charge in [-0.3, -0.25) is 9.59 Å². The van der Waals surface area contributed by atoms with Gasteiger partial charge in [0.15, 0.2) is 0 Å². The van der Waals surface area contributed by atoms with E-state index in [1.165, 1.54) is 23.5 Å². The topological polar surface area (TPSA) is 87.7 Å². The van der Waals surface area contributed by atoms with E-state index in [1.54, 1.807) is 12.1 Å². The fourth-order valence-electron chi connectivity index (χ4n) is 1.86. The molecule has 0 unspecified atom stereocenters. The molecule has 2 N–H and O–H groups in total.